The first-order valence-electron chi connectivity index (χ1n) is 7.62. The summed E-state index contributed by atoms with van der Waals surface area (Å²) in [6, 6.07) is 7.70. The second-order valence-corrected chi connectivity index (χ2v) is 7.54. The number of rotatable bonds is 4. The third-order valence-electron chi connectivity index (χ3n) is 3.60. The minimum Gasteiger partial charge on any atom is -0.464 e. The number of amides is 1. The number of hydrogen-bond donors (Lipinski definition) is 1. The Bertz CT molecular complexity index is 594. The fourth-order valence-corrected chi connectivity index (χ4v) is 2.79. The Labute approximate surface area is 144 Å². The lowest BCUT2D eigenvalue weighted by Gasteiger charge is -2.23. The molecule has 0 heterocycles. The van der Waals surface area contributed by atoms with E-state index in [0.29, 0.717) is 6.42 Å². The largest absolute Gasteiger partial charge is 0.464 e. The van der Waals surface area contributed by atoms with Crippen molar-refractivity contribution in [3.63, 3.8) is 0 Å². The number of ether oxygens (including phenoxy) is 2. The van der Waals surface area contributed by atoms with Gasteiger partial charge in [-0.25, -0.2) is 9.59 Å². The van der Waals surface area contributed by atoms with Gasteiger partial charge in [-0.3, -0.25) is 0 Å². The first-order valence-corrected chi connectivity index (χ1v) is 8.41. The minimum atomic E-state index is -1.04. The molecule has 1 saturated carbocycles. The van der Waals surface area contributed by atoms with Crippen LogP contribution in [0.2, 0.25) is 0 Å². The quantitative estimate of drug-likeness (QED) is 0.803. The minimum absolute atomic E-state index is 0.109. The lowest BCUT2D eigenvalue weighted by Crippen LogP contribution is -2.47. The van der Waals surface area contributed by atoms with E-state index in [1.54, 1.807) is 27.7 Å². The number of hydrogen-bond acceptors (Lipinski definition) is 4. The summed E-state index contributed by atoms with van der Waals surface area (Å²) in [5.74, 6) is -0.527. The molecule has 6 heteroatoms. The molecule has 2 unspecified atom stereocenters. The van der Waals surface area contributed by atoms with Gasteiger partial charge in [0.25, 0.3) is 0 Å². The Kier molecular flexibility index (Phi) is 5.04. The lowest BCUT2D eigenvalue weighted by atomic mass is 10.1. The van der Waals surface area contributed by atoms with E-state index in [-0.39, 0.29) is 12.5 Å². The zero-order chi connectivity index (χ0) is 17.3. The zero-order valence-corrected chi connectivity index (χ0v) is 15.4. The Balaban J connectivity index is 2.18. The maximum absolute atomic E-state index is 12.4. The summed E-state index contributed by atoms with van der Waals surface area (Å²) in [6.07, 6.45) is -0.0997. The van der Waals surface area contributed by atoms with Gasteiger partial charge in [0.15, 0.2) is 0 Å². The van der Waals surface area contributed by atoms with Crippen LogP contribution in [-0.2, 0) is 14.3 Å². The van der Waals surface area contributed by atoms with E-state index in [4.69, 9.17) is 9.47 Å². The summed E-state index contributed by atoms with van der Waals surface area (Å²) < 4.78 is 11.4. The zero-order valence-electron chi connectivity index (χ0n) is 13.8. The molecule has 0 aromatic heterocycles. The molecule has 126 valence electrons. The van der Waals surface area contributed by atoms with Crippen molar-refractivity contribution in [3.05, 3.63) is 34.3 Å². The Morgan fingerprint density at radius 3 is 2.43 bits per heavy atom. The predicted molar refractivity (Wildman–Crippen MR) is 90.2 cm³/mol. The summed E-state index contributed by atoms with van der Waals surface area (Å²) in [7, 11) is 0. The van der Waals surface area contributed by atoms with Crippen LogP contribution in [0.3, 0.4) is 0 Å². The highest BCUT2D eigenvalue weighted by Crippen LogP contribution is 2.52. The number of alkyl carbamates (subject to hydrolysis) is 1. The van der Waals surface area contributed by atoms with E-state index in [2.05, 4.69) is 21.2 Å². The molecule has 1 aromatic rings. The van der Waals surface area contributed by atoms with E-state index >= 15 is 0 Å². The van der Waals surface area contributed by atoms with Crippen molar-refractivity contribution in [3.8, 4) is 0 Å². The van der Waals surface area contributed by atoms with Crippen molar-refractivity contribution in [2.45, 2.75) is 51.2 Å². The molecule has 1 aromatic carbocycles. The molecule has 0 radical (unpaired) electrons. The van der Waals surface area contributed by atoms with Crippen LogP contribution >= 0.6 is 15.9 Å². The smallest absolute Gasteiger partial charge is 0.408 e. The number of benzene rings is 1. The topological polar surface area (TPSA) is 64.6 Å². The third kappa shape index (κ3) is 4.25. The number of esters is 1. The van der Waals surface area contributed by atoms with Crippen LogP contribution in [0.15, 0.2) is 28.7 Å². The highest BCUT2D eigenvalue weighted by atomic mass is 79.9. The van der Waals surface area contributed by atoms with Gasteiger partial charge in [0.05, 0.1) is 6.61 Å². The number of carbonyl (C=O) groups is 2. The second-order valence-electron chi connectivity index (χ2n) is 6.63. The predicted octanol–water partition coefficient (Wildman–Crippen LogP) is 3.76. The maximum atomic E-state index is 12.4. The molecule has 1 fully saturated rings. The van der Waals surface area contributed by atoms with E-state index in [1.165, 1.54) is 0 Å². The SMILES string of the molecule is CCOC(=O)C1(NC(=O)OC(C)(C)C)CC1c1ccc(Br)cc1. The molecule has 0 saturated heterocycles. The molecule has 1 amide bonds. The Hall–Kier alpha value is -1.56. The lowest BCUT2D eigenvalue weighted by molar-refractivity contribution is -0.147. The molecule has 2 rings (SSSR count). The number of carbonyl (C=O) groups excluding carboxylic acids is 2. The third-order valence-corrected chi connectivity index (χ3v) is 4.13. The highest BCUT2D eigenvalue weighted by Gasteiger charge is 2.63. The molecular weight excluding hydrogens is 362 g/mol. The Morgan fingerprint density at radius 1 is 1.30 bits per heavy atom. The van der Waals surface area contributed by atoms with Crippen LogP contribution in [0.25, 0.3) is 0 Å². The van der Waals surface area contributed by atoms with E-state index in [0.717, 1.165) is 10.0 Å². The Morgan fingerprint density at radius 2 is 1.91 bits per heavy atom. The molecule has 0 bridgehead atoms. The monoisotopic (exact) mass is 383 g/mol. The van der Waals surface area contributed by atoms with E-state index in [9.17, 15) is 9.59 Å². The van der Waals surface area contributed by atoms with Crippen LogP contribution in [0.5, 0.6) is 0 Å². The van der Waals surface area contributed by atoms with Gasteiger partial charge in [-0.1, -0.05) is 28.1 Å². The summed E-state index contributed by atoms with van der Waals surface area (Å²) >= 11 is 3.39. The van der Waals surface area contributed by atoms with Crippen LogP contribution in [0.1, 0.15) is 45.6 Å². The summed E-state index contributed by atoms with van der Waals surface area (Å²) in [4.78, 5) is 24.5. The van der Waals surface area contributed by atoms with E-state index in [1.807, 2.05) is 24.3 Å². The fourth-order valence-electron chi connectivity index (χ4n) is 2.52. The molecule has 0 spiro atoms. The van der Waals surface area contributed by atoms with Crippen molar-refractivity contribution >= 4 is 28.0 Å². The van der Waals surface area contributed by atoms with Crippen molar-refractivity contribution in [2.24, 2.45) is 0 Å². The van der Waals surface area contributed by atoms with Gasteiger partial charge in [0.1, 0.15) is 11.1 Å². The summed E-state index contributed by atoms with van der Waals surface area (Å²) in [5, 5.41) is 2.72. The molecular formula is C17H22BrNO4. The van der Waals surface area contributed by atoms with Gasteiger partial charge in [-0.2, -0.15) is 0 Å². The highest BCUT2D eigenvalue weighted by molar-refractivity contribution is 9.10. The first-order chi connectivity index (χ1) is 10.7. The van der Waals surface area contributed by atoms with Crippen molar-refractivity contribution < 1.29 is 19.1 Å². The maximum Gasteiger partial charge on any atom is 0.408 e. The van der Waals surface area contributed by atoms with Gasteiger partial charge >= 0.3 is 12.1 Å². The van der Waals surface area contributed by atoms with Crippen molar-refractivity contribution in [1.82, 2.24) is 5.32 Å². The number of nitrogens with one attached hydrogen (secondary N) is 1. The average molecular weight is 384 g/mol. The first kappa shape index (κ1) is 17.8. The fraction of sp³-hybridized carbons (Fsp3) is 0.529. The molecule has 1 aliphatic rings. The second kappa shape index (κ2) is 6.51. The molecule has 5 nitrogen and oxygen atoms in total. The van der Waals surface area contributed by atoms with Gasteiger partial charge in [-0.05, 0) is 51.8 Å². The van der Waals surface area contributed by atoms with Crippen LogP contribution in [0.4, 0.5) is 4.79 Å². The normalized spacial score (nSPS) is 23.1. The molecule has 2 atom stereocenters. The van der Waals surface area contributed by atoms with Crippen molar-refractivity contribution in [2.75, 3.05) is 6.61 Å². The molecule has 1 aliphatic carbocycles. The van der Waals surface area contributed by atoms with Gasteiger partial charge in [0, 0.05) is 10.4 Å². The standard InChI is InChI=1S/C17H22BrNO4/c1-5-22-14(20)17(19-15(21)23-16(2,3)4)10-13(17)11-6-8-12(18)9-7-11/h6-9,13H,5,10H2,1-4H3,(H,19,21). The molecule has 0 aliphatic heterocycles. The number of halogens is 1. The van der Waals surface area contributed by atoms with Crippen LogP contribution in [0, 0.1) is 0 Å². The van der Waals surface area contributed by atoms with Gasteiger partial charge in [-0.15, -0.1) is 0 Å². The average Bonchev–Trinajstić information content (AvgIpc) is 3.13. The van der Waals surface area contributed by atoms with Gasteiger partial charge in [0.2, 0.25) is 0 Å². The molecule has 1 N–H and O–H groups in total. The van der Waals surface area contributed by atoms with Crippen LogP contribution in [-0.4, -0.2) is 29.8 Å². The molecule has 23 heavy (non-hydrogen) atoms. The summed E-state index contributed by atoms with van der Waals surface area (Å²) in [6.45, 7) is 7.36. The van der Waals surface area contributed by atoms with Crippen molar-refractivity contribution in [1.29, 1.82) is 0 Å². The van der Waals surface area contributed by atoms with Gasteiger partial charge < -0.3 is 14.8 Å². The van der Waals surface area contributed by atoms with Crippen LogP contribution < -0.4 is 5.32 Å². The summed E-state index contributed by atoms with van der Waals surface area (Å²) in [5.41, 5.74) is -0.675. The van der Waals surface area contributed by atoms with E-state index < -0.39 is 23.2 Å².